The van der Waals surface area contributed by atoms with Crippen LogP contribution in [0.5, 0.6) is 0 Å². The molecule has 0 radical (unpaired) electrons. The zero-order valence-corrected chi connectivity index (χ0v) is 16.2. The number of benzene rings is 1. The average Bonchev–Trinajstić information content (AvgIpc) is 3.31. The first-order valence-electron chi connectivity index (χ1n) is 8.27. The number of hydrogen-bond acceptors (Lipinski definition) is 8. The first-order valence-corrected chi connectivity index (χ1v) is 9.97. The molecule has 1 aliphatic heterocycles. The van der Waals surface area contributed by atoms with Gasteiger partial charge in [0.25, 0.3) is 11.6 Å². The number of hydrogen-bond donors (Lipinski definition) is 0. The standard InChI is InChI=1S/C17H17N3O5S2/c1-11-10-26-17(18-11)27-14-5-4-12(8-13(14)20(23)24)16(22)25-9-15(21)19-6-2-3-7-19/h4-5,8,10H,2-3,6-7,9H2,1H3. The van der Waals surface area contributed by atoms with Crippen molar-refractivity contribution in [3.63, 3.8) is 0 Å². The van der Waals surface area contributed by atoms with Crippen LogP contribution >= 0.6 is 23.1 Å². The number of rotatable bonds is 6. The van der Waals surface area contributed by atoms with Crippen molar-refractivity contribution < 1.29 is 19.2 Å². The summed E-state index contributed by atoms with van der Waals surface area (Å²) in [6.07, 6.45) is 1.90. The van der Waals surface area contributed by atoms with Gasteiger partial charge in [0.15, 0.2) is 10.9 Å². The van der Waals surface area contributed by atoms with Crippen molar-refractivity contribution in [3.8, 4) is 0 Å². The fourth-order valence-corrected chi connectivity index (χ4v) is 4.49. The van der Waals surface area contributed by atoms with Crippen molar-refractivity contribution in [3.05, 3.63) is 45.0 Å². The Labute approximate surface area is 163 Å². The van der Waals surface area contributed by atoms with Crippen LogP contribution in [0.2, 0.25) is 0 Å². The van der Waals surface area contributed by atoms with E-state index in [1.54, 1.807) is 4.90 Å². The molecule has 27 heavy (non-hydrogen) atoms. The van der Waals surface area contributed by atoms with E-state index >= 15 is 0 Å². The van der Waals surface area contributed by atoms with Crippen molar-refractivity contribution in [1.82, 2.24) is 9.88 Å². The zero-order chi connectivity index (χ0) is 19.4. The van der Waals surface area contributed by atoms with E-state index in [0.717, 1.165) is 18.5 Å². The fourth-order valence-electron chi connectivity index (χ4n) is 2.62. The molecule has 1 aliphatic rings. The topological polar surface area (TPSA) is 103 Å². The minimum absolute atomic E-state index is 0.0376. The quantitative estimate of drug-likeness (QED) is 0.411. The van der Waals surface area contributed by atoms with Crippen LogP contribution < -0.4 is 0 Å². The smallest absolute Gasteiger partial charge is 0.338 e. The summed E-state index contributed by atoms with van der Waals surface area (Å²) < 4.78 is 5.71. The predicted octanol–water partition coefficient (Wildman–Crippen LogP) is 3.29. The van der Waals surface area contributed by atoms with E-state index < -0.39 is 10.9 Å². The van der Waals surface area contributed by atoms with Crippen molar-refractivity contribution in [2.45, 2.75) is 29.0 Å². The molecule has 2 aromatic rings. The number of carbonyl (C=O) groups excluding carboxylic acids is 2. The van der Waals surface area contributed by atoms with E-state index in [2.05, 4.69) is 4.98 Å². The highest BCUT2D eigenvalue weighted by Crippen LogP contribution is 2.36. The summed E-state index contributed by atoms with van der Waals surface area (Å²) in [5, 5.41) is 13.3. The second kappa shape index (κ2) is 8.49. The summed E-state index contributed by atoms with van der Waals surface area (Å²) in [6.45, 7) is 2.83. The molecule has 3 rings (SSSR count). The summed E-state index contributed by atoms with van der Waals surface area (Å²) in [6, 6.07) is 4.13. The number of amides is 1. The highest BCUT2D eigenvalue weighted by Gasteiger charge is 2.22. The van der Waals surface area contributed by atoms with E-state index in [1.807, 2.05) is 12.3 Å². The largest absolute Gasteiger partial charge is 0.452 e. The Hall–Kier alpha value is -2.46. The van der Waals surface area contributed by atoms with Crippen LogP contribution in [0.4, 0.5) is 5.69 Å². The maximum Gasteiger partial charge on any atom is 0.338 e. The van der Waals surface area contributed by atoms with Crippen molar-refractivity contribution in [1.29, 1.82) is 0 Å². The predicted molar refractivity (Wildman–Crippen MR) is 100 cm³/mol. The lowest BCUT2D eigenvalue weighted by atomic mass is 10.2. The molecule has 0 N–H and O–H groups in total. The van der Waals surface area contributed by atoms with Crippen LogP contribution in [0, 0.1) is 17.0 Å². The molecule has 0 atom stereocenters. The van der Waals surface area contributed by atoms with Crippen LogP contribution in [0.15, 0.2) is 32.8 Å². The monoisotopic (exact) mass is 407 g/mol. The molecule has 0 spiro atoms. The van der Waals surface area contributed by atoms with Gasteiger partial charge in [0, 0.05) is 30.2 Å². The van der Waals surface area contributed by atoms with Gasteiger partial charge in [-0.05, 0) is 31.9 Å². The van der Waals surface area contributed by atoms with Gasteiger partial charge < -0.3 is 9.64 Å². The number of nitro benzene ring substituents is 1. The number of aryl methyl sites for hydroxylation is 1. The first-order chi connectivity index (χ1) is 12.9. The maximum absolute atomic E-state index is 12.2. The van der Waals surface area contributed by atoms with Crippen LogP contribution in [0.1, 0.15) is 28.9 Å². The molecule has 1 saturated heterocycles. The molecule has 1 aromatic heterocycles. The Morgan fingerprint density at radius 3 is 2.74 bits per heavy atom. The van der Waals surface area contributed by atoms with Gasteiger partial charge in [-0.1, -0.05) is 11.8 Å². The molecular weight excluding hydrogens is 390 g/mol. The van der Waals surface area contributed by atoms with Gasteiger partial charge in [-0.15, -0.1) is 11.3 Å². The third-order valence-corrected chi connectivity index (χ3v) is 6.09. The minimum Gasteiger partial charge on any atom is -0.452 e. The molecule has 1 aromatic carbocycles. The average molecular weight is 407 g/mol. The molecule has 0 unspecified atom stereocenters. The van der Waals surface area contributed by atoms with E-state index in [0.29, 0.717) is 22.3 Å². The van der Waals surface area contributed by atoms with Crippen molar-refractivity contribution >= 4 is 40.7 Å². The van der Waals surface area contributed by atoms with Crippen molar-refractivity contribution in [2.24, 2.45) is 0 Å². The van der Waals surface area contributed by atoms with Crippen LogP contribution in [-0.2, 0) is 9.53 Å². The molecule has 0 aliphatic carbocycles. The molecule has 0 saturated carbocycles. The molecule has 2 heterocycles. The van der Waals surface area contributed by atoms with Gasteiger partial charge in [-0.25, -0.2) is 9.78 Å². The van der Waals surface area contributed by atoms with E-state index in [4.69, 9.17) is 4.74 Å². The fraction of sp³-hybridized carbons (Fsp3) is 0.353. The Morgan fingerprint density at radius 1 is 1.37 bits per heavy atom. The summed E-state index contributed by atoms with van der Waals surface area (Å²) >= 11 is 2.57. The lowest BCUT2D eigenvalue weighted by Crippen LogP contribution is -2.32. The van der Waals surface area contributed by atoms with E-state index in [-0.39, 0.29) is 23.8 Å². The van der Waals surface area contributed by atoms with Gasteiger partial charge in [-0.3, -0.25) is 14.9 Å². The third-order valence-electron chi connectivity index (χ3n) is 3.97. The van der Waals surface area contributed by atoms with Crippen LogP contribution in [0.25, 0.3) is 0 Å². The third kappa shape index (κ3) is 4.83. The number of thiazole rings is 1. The summed E-state index contributed by atoms with van der Waals surface area (Å²) in [7, 11) is 0. The number of likely N-dealkylation sites (tertiary alicyclic amines) is 1. The lowest BCUT2D eigenvalue weighted by Gasteiger charge is -2.14. The molecule has 142 valence electrons. The summed E-state index contributed by atoms with van der Waals surface area (Å²) in [5.41, 5.74) is 0.678. The van der Waals surface area contributed by atoms with Gasteiger partial charge in [-0.2, -0.15) is 0 Å². The van der Waals surface area contributed by atoms with Gasteiger partial charge in [0.05, 0.1) is 15.4 Å². The Balaban J connectivity index is 1.69. The SMILES string of the molecule is Cc1csc(Sc2ccc(C(=O)OCC(=O)N3CCCC3)cc2[N+](=O)[O-])n1. The summed E-state index contributed by atoms with van der Waals surface area (Å²) in [4.78, 5) is 41.3. The highest BCUT2D eigenvalue weighted by molar-refractivity contribution is 8.01. The van der Waals surface area contributed by atoms with Crippen molar-refractivity contribution in [2.75, 3.05) is 19.7 Å². The number of carbonyl (C=O) groups is 2. The Kier molecular flexibility index (Phi) is 6.07. The first kappa shape index (κ1) is 19.3. The number of nitro groups is 1. The number of aromatic nitrogens is 1. The second-order valence-corrected chi connectivity index (χ2v) is 8.11. The normalized spacial score (nSPS) is 13.6. The van der Waals surface area contributed by atoms with E-state index in [1.165, 1.54) is 41.3 Å². The number of nitrogens with zero attached hydrogens (tertiary/aromatic N) is 3. The lowest BCUT2D eigenvalue weighted by molar-refractivity contribution is -0.387. The summed E-state index contributed by atoms with van der Waals surface area (Å²) in [5.74, 6) is -1.01. The maximum atomic E-state index is 12.2. The molecular formula is C17H17N3O5S2. The molecule has 10 heteroatoms. The Morgan fingerprint density at radius 2 is 2.11 bits per heavy atom. The Bertz CT molecular complexity index is 877. The molecule has 1 fully saturated rings. The second-order valence-electron chi connectivity index (χ2n) is 5.96. The molecule has 1 amide bonds. The van der Waals surface area contributed by atoms with Gasteiger partial charge >= 0.3 is 5.97 Å². The molecule has 8 nitrogen and oxygen atoms in total. The highest BCUT2D eigenvalue weighted by atomic mass is 32.2. The number of esters is 1. The van der Waals surface area contributed by atoms with Crippen LogP contribution in [0.3, 0.4) is 0 Å². The van der Waals surface area contributed by atoms with Crippen LogP contribution in [-0.4, -0.2) is 46.4 Å². The minimum atomic E-state index is -0.757. The van der Waals surface area contributed by atoms with Gasteiger partial charge in [0.1, 0.15) is 0 Å². The van der Waals surface area contributed by atoms with E-state index in [9.17, 15) is 19.7 Å². The number of ether oxygens (including phenoxy) is 1. The molecule has 0 bridgehead atoms. The zero-order valence-electron chi connectivity index (χ0n) is 14.5. The van der Waals surface area contributed by atoms with Gasteiger partial charge in [0.2, 0.25) is 0 Å².